The average Bonchev–Trinajstić information content (AvgIpc) is 2.45. The fourth-order valence-electron chi connectivity index (χ4n) is 1.75. The van der Waals surface area contributed by atoms with E-state index in [4.69, 9.17) is 10.5 Å². The number of hydrogen-bond donors (Lipinski definition) is 2. The fourth-order valence-corrected chi connectivity index (χ4v) is 1.75. The number of nitrogens with two attached hydrogens (primary N) is 1. The molecule has 0 bridgehead atoms. The molecular weight excluding hydrogens is 244 g/mol. The van der Waals surface area contributed by atoms with Gasteiger partial charge in [0, 0.05) is 30.7 Å². The Balaban J connectivity index is 1.91. The van der Waals surface area contributed by atoms with E-state index in [9.17, 15) is 4.79 Å². The van der Waals surface area contributed by atoms with E-state index in [0.29, 0.717) is 11.5 Å². The minimum Gasteiger partial charge on any atom is -0.481 e. The second kappa shape index (κ2) is 5.90. The summed E-state index contributed by atoms with van der Waals surface area (Å²) in [5.41, 5.74) is 9.64. The molecule has 2 heterocycles. The van der Waals surface area contributed by atoms with E-state index in [0.717, 1.165) is 18.5 Å². The molecule has 0 saturated heterocycles. The van der Waals surface area contributed by atoms with Crippen LogP contribution in [0.25, 0.3) is 0 Å². The number of nitrogens with zero attached hydrogens (tertiary/aromatic N) is 2. The normalized spacial score (nSPS) is 13.7. The highest BCUT2D eigenvalue weighted by Crippen LogP contribution is 2.14. The van der Waals surface area contributed by atoms with Gasteiger partial charge in [-0.05, 0) is 18.6 Å². The summed E-state index contributed by atoms with van der Waals surface area (Å²) in [5, 5.41) is 1.86. The van der Waals surface area contributed by atoms with Gasteiger partial charge in [0.05, 0.1) is 12.7 Å². The number of aromatic nitrogens is 1. The summed E-state index contributed by atoms with van der Waals surface area (Å²) in [4.78, 5) is 15.1. The number of amides is 1. The van der Waals surface area contributed by atoms with E-state index in [1.165, 1.54) is 0 Å². The SMILES string of the molecule is COc1ncccc1CCN1C=CC(C(N)=O)=CN1. The molecule has 2 rings (SSSR count). The highest BCUT2D eigenvalue weighted by atomic mass is 16.5. The molecule has 6 heteroatoms. The quantitative estimate of drug-likeness (QED) is 0.797. The van der Waals surface area contributed by atoms with E-state index < -0.39 is 5.91 Å². The van der Waals surface area contributed by atoms with Crippen molar-refractivity contribution in [1.29, 1.82) is 0 Å². The van der Waals surface area contributed by atoms with E-state index >= 15 is 0 Å². The zero-order valence-corrected chi connectivity index (χ0v) is 10.7. The van der Waals surface area contributed by atoms with Gasteiger partial charge in [-0.25, -0.2) is 4.98 Å². The summed E-state index contributed by atoms with van der Waals surface area (Å²) in [6, 6.07) is 3.85. The average molecular weight is 260 g/mol. The second-order valence-corrected chi connectivity index (χ2v) is 4.02. The number of methoxy groups -OCH3 is 1. The van der Waals surface area contributed by atoms with Gasteiger partial charge in [0.1, 0.15) is 0 Å². The Morgan fingerprint density at radius 1 is 1.58 bits per heavy atom. The second-order valence-electron chi connectivity index (χ2n) is 4.02. The smallest absolute Gasteiger partial charge is 0.250 e. The van der Waals surface area contributed by atoms with E-state index in [1.54, 1.807) is 31.8 Å². The first kappa shape index (κ1) is 12.9. The number of hydrazine groups is 1. The maximum absolute atomic E-state index is 10.9. The van der Waals surface area contributed by atoms with Crippen molar-refractivity contribution in [2.45, 2.75) is 6.42 Å². The number of carbonyl (C=O) groups is 1. The molecule has 19 heavy (non-hydrogen) atoms. The van der Waals surface area contributed by atoms with Crippen LogP contribution in [-0.2, 0) is 11.2 Å². The van der Waals surface area contributed by atoms with Crippen LogP contribution < -0.4 is 15.9 Å². The third kappa shape index (κ3) is 3.25. The number of ether oxygens (including phenoxy) is 1. The molecule has 1 aromatic rings. The van der Waals surface area contributed by atoms with Gasteiger partial charge in [0.25, 0.3) is 0 Å². The van der Waals surface area contributed by atoms with Gasteiger partial charge in [-0.3, -0.25) is 9.80 Å². The van der Waals surface area contributed by atoms with Crippen molar-refractivity contribution in [2.75, 3.05) is 13.7 Å². The maximum Gasteiger partial charge on any atom is 0.250 e. The van der Waals surface area contributed by atoms with Gasteiger partial charge >= 0.3 is 0 Å². The molecule has 1 aromatic heterocycles. The van der Waals surface area contributed by atoms with Crippen molar-refractivity contribution < 1.29 is 9.53 Å². The Bertz CT molecular complexity index is 525. The molecule has 1 amide bonds. The summed E-state index contributed by atoms with van der Waals surface area (Å²) >= 11 is 0. The standard InChI is InChI=1S/C13H16N4O2/c1-19-13-10(3-2-6-15-13)4-7-17-8-5-11(9-16-17)12(14)18/h2-3,5-6,8-9,16H,4,7H2,1H3,(H2,14,18). The summed E-state index contributed by atoms with van der Waals surface area (Å²) < 4.78 is 5.19. The number of nitrogens with one attached hydrogen (secondary N) is 1. The van der Waals surface area contributed by atoms with Crippen molar-refractivity contribution in [3.05, 3.63) is 47.9 Å². The zero-order chi connectivity index (χ0) is 13.7. The van der Waals surface area contributed by atoms with Crippen LogP contribution in [0.15, 0.2) is 42.4 Å². The van der Waals surface area contributed by atoms with Crippen LogP contribution in [-0.4, -0.2) is 29.6 Å². The van der Waals surface area contributed by atoms with Gasteiger partial charge in [0.2, 0.25) is 11.8 Å². The lowest BCUT2D eigenvalue weighted by atomic mass is 10.2. The van der Waals surface area contributed by atoms with Crippen molar-refractivity contribution >= 4 is 5.91 Å². The Hall–Kier alpha value is -2.50. The van der Waals surface area contributed by atoms with E-state index in [-0.39, 0.29) is 0 Å². The molecule has 0 radical (unpaired) electrons. The molecule has 100 valence electrons. The Kier molecular flexibility index (Phi) is 4.02. The van der Waals surface area contributed by atoms with Crippen LogP contribution in [0, 0.1) is 0 Å². The van der Waals surface area contributed by atoms with Gasteiger partial charge in [0.15, 0.2) is 0 Å². The van der Waals surface area contributed by atoms with Crippen LogP contribution in [0.2, 0.25) is 0 Å². The first-order valence-corrected chi connectivity index (χ1v) is 5.89. The van der Waals surface area contributed by atoms with Gasteiger partial charge in [-0.2, -0.15) is 0 Å². The van der Waals surface area contributed by atoms with Crippen LogP contribution in [0.3, 0.4) is 0 Å². The Labute approximate surface area is 111 Å². The van der Waals surface area contributed by atoms with Crippen molar-refractivity contribution in [1.82, 2.24) is 15.4 Å². The minimum absolute atomic E-state index is 0.447. The Morgan fingerprint density at radius 2 is 2.42 bits per heavy atom. The predicted molar refractivity (Wildman–Crippen MR) is 70.8 cm³/mol. The number of primary amides is 1. The summed E-state index contributed by atoms with van der Waals surface area (Å²) in [6.45, 7) is 0.723. The first-order valence-electron chi connectivity index (χ1n) is 5.89. The molecule has 0 fully saturated rings. The monoisotopic (exact) mass is 260 g/mol. The zero-order valence-electron chi connectivity index (χ0n) is 10.7. The van der Waals surface area contributed by atoms with Gasteiger partial charge in [-0.15, -0.1) is 0 Å². The molecule has 0 unspecified atom stereocenters. The molecule has 3 N–H and O–H groups in total. The molecule has 6 nitrogen and oxygen atoms in total. The lowest BCUT2D eigenvalue weighted by Crippen LogP contribution is -2.34. The van der Waals surface area contributed by atoms with Crippen LogP contribution in [0.4, 0.5) is 0 Å². The van der Waals surface area contributed by atoms with Gasteiger partial charge < -0.3 is 15.9 Å². The molecule has 0 aromatic carbocycles. The van der Waals surface area contributed by atoms with Crippen LogP contribution in [0.1, 0.15) is 5.56 Å². The number of carbonyl (C=O) groups excluding carboxylic acids is 1. The fraction of sp³-hybridized carbons (Fsp3) is 0.231. The largest absolute Gasteiger partial charge is 0.481 e. The van der Waals surface area contributed by atoms with E-state index in [2.05, 4.69) is 10.4 Å². The van der Waals surface area contributed by atoms with Crippen molar-refractivity contribution in [3.63, 3.8) is 0 Å². The molecule has 0 aliphatic carbocycles. The summed E-state index contributed by atoms with van der Waals surface area (Å²) in [7, 11) is 1.60. The predicted octanol–water partition coefficient (Wildman–Crippen LogP) is 0.336. The van der Waals surface area contributed by atoms with Gasteiger partial charge in [-0.1, -0.05) is 6.07 Å². The molecule has 0 spiro atoms. The molecule has 0 atom stereocenters. The van der Waals surface area contributed by atoms with Crippen molar-refractivity contribution in [2.24, 2.45) is 5.73 Å². The Morgan fingerprint density at radius 3 is 3.05 bits per heavy atom. The highest BCUT2D eigenvalue weighted by molar-refractivity contribution is 5.94. The molecule has 1 aliphatic heterocycles. The van der Waals surface area contributed by atoms with Crippen LogP contribution in [0.5, 0.6) is 5.88 Å². The summed E-state index contributed by atoms with van der Waals surface area (Å²) in [6.07, 6.45) is 7.52. The van der Waals surface area contributed by atoms with Crippen LogP contribution >= 0.6 is 0 Å². The summed E-state index contributed by atoms with van der Waals surface area (Å²) in [5.74, 6) is 0.189. The molecule has 1 aliphatic rings. The molecule has 0 saturated carbocycles. The van der Waals surface area contributed by atoms with E-state index in [1.807, 2.05) is 17.1 Å². The minimum atomic E-state index is -0.447. The van der Waals surface area contributed by atoms with Crippen molar-refractivity contribution in [3.8, 4) is 5.88 Å². The lowest BCUT2D eigenvalue weighted by molar-refractivity contribution is -0.114. The first-order chi connectivity index (χ1) is 9.20. The number of rotatable bonds is 5. The number of hydrogen-bond acceptors (Lipinski definition) is 5. The lowest BCUT2D eigenvalue weighted by Gasteiger charge is -2.23. The molecular formula is C13H16N4O2. The number of pyridine rings is 1. The maximum atomic E-state index is 10.9. The highest BCUT2D eigenvalue weighted by Gasteiger charge is 2.09. The topological polar surface area (TPSA) is 80.5 Å². The third-order valence-electron chi connectivity index (χ3n) is 2.77. The third-order valence-corrected chi connectivity index (χ3v) is 2.77.